The molecule has 264 valence electrons. The molecular weight excluding hydrogens is 652 g/mol. The van der Waals surface area contributed by atoms with E-state index in [1.165, 1.54) is 19.5 Å². The number of carbonyl (C=O) groups excluding carboxylic acids is 3. The molecule has 1 saturated heterocycles. The summed E-state index contributed by atoms with van der Waals surface area (Å²) in [5.41, 5.74) is 1.31. The fraction of sp³-hybridized carbons (Fsp3) is 0.441. The molecule has 1 aliphatic rings. The Morgan fingerprint density at radius 3 is 2.10 bits per heavy atom. The fourth-order valence-electron chi connectivity index (χ4n) is 4.90. The fourth-order valence-corrected chi connectivity index (χ4v) is 5.45. The number of hydrogen-bond donors (Lipinski definition) is 2. The van der Waals surface area contributed by atoms with Gasteiger partial charge in [-0.15, -0.1) is 0 Å². The minimum Gasteiger partial charge on any atom is -0.492 e. The molecule has 49 heavy (non-hydrogen) atoms. The molecular formula is C34H44N6O8S. The van der Waals surface area contributed by atoms with Crippen LogP contribution in [0.5, 0.6) is 17.4 Å². The molecule has 0 saturated carbocycles. The lowest BCUT2D eigenvalue weighted by molar-refractivity contribution is 0.0140. The molecule has 15 heteroatoms. The van der Waals surface area contributed by atoms with Gasteiger partial charge in [0.2, 0.25) is 15.9 Å². The van der Waals surface area contributed by atoms with Gasteiger partial charge in [0.1, 0.15) is 23.4 Å². The van der Waals surface area contributed by atoms with Crippen molar-refractivity contribution in [1.82, 2.24) is 19.8 Å². The second-order valence-corrected chi connectivity index (χ2v) is 15.5. The van der Waals surface area contributed by atoms with Crippen molar-refractivity contribution in [2.24, 2.45) is 0 Å². The Kier molecular flexibility index (Phi) is 10.8. The SMILES string of the molecule is COc1c(NC(=O)c2ccc(C)c(Oc3cc(C(=O)N4CCN(C(=O)OC(C)(C)C)CC4)ncn3)c2)cc(C(C)(C)C)cc1NS(C)(=O)=O. The maximum atomic E-state index is 13.5. The van der Waals surface area contributed by atoms with Crippen LogP contribution in [-0.4, -0.2) is 91.2 Å². The molecule has 0 atom stereocenters. The Balaban J connectivity index is 1.51. The number of piperazine rings is 1. The molecule has 2 N–H and O–H groups in total. The number of aryl methyl sites for hydroxylation is 1. The van der Waals surface area contributed by atoms with E-state index in [0.29, 0.717) is 37.5 Å². The summed E-state index contributed by atoms with van der Waals surface area (Å²) in [5, 5.41) is 2.85. The van der Waals surface area contributed by atoms with Crippen molar-refractivity contribution in [3.8, 4) is 17.4 Å². The molecule has 14 nitrogen and oxygen atoms in total. The smallest absolute Gasteiger partial charge is 0.410 e. The monoisotopic (exact) mass is 696 g/mol. The minimum absolute atomic E-state index is 0.0995. The third kappa shape index (κ3) is 9.81. The normalized spacial score (nSPS) is 13.8. The average Bonchev–Trinajstić information content (AvgIpc) is 3.00. The Labute approximate surface area is 287 Å². The van der Waals surface area contributed by atoms with Gasteiger partial charge in [0.05, 0.1) is 24.7 Å². The first-order valence-electron chi connectivity index (χ1n) is 15.6. The summed E-state index contributed by atoms with van der Waals surface area (Å²) in [5.74, 6) is -0.256. The Morgan fingerprint density at radius 2 is 1.51 bits per heavy atom. The number of amides is 3. The third-order valence-corrected chi connectivity index (χ3v) is 8.04. The van der Waals surface area contributed by atoms with Gasteiger partial charge in [-0.3, -0.25) is 14.3 Å². The van der Waals surface area contributed by atoms with Crippen molar-refractivity contribution in [2.45, 2.75) is 59.5 Å². The zero-order valence-corrected chi connectivity index (χ0v) is 30.1. The lowest BCUT2D eigenvalue weighted by atomic mass is 9.86. The van der Waals surface area contributed by atoms with E-state index in [1.807, 2.05) is 20.8 Å². The standard InChI is InChI=1S/C34H44N6O8S/c1-21-10-11-22(30(41)37-24-17-23(33(2,3)4)18-25(29(24)46-8)38-49(9,44)45)16-27(21)47-28-19-26(35-20-36-28)31(42)39-12-14-40(15-13-39)32(43)48-34(5,6)7/h10-11,16-20,38H,12-15H2,1-9H3,(H,37,41). The number of rotatable bonds is 8. The second kappa shape index (κ2) is 14.3. The lowest BCUT2D eigenvalue weighted by Crippen LogP contribution is -2.51. The predicted molar refractivity (Wildman–Crippen MR) is 185 cm³/mol. The van der Waals surface area contributed by atoms with Crippen LogP contribution >= 0.6 is 0 Å². The van der Waals surface area contributed by atoms with Gasteiger partial charge in [-0.05, 0) is 68.5 Å². The van der Waals surface area contributed by atoms with Crippen LogP contribution in [0.4, 0.5) is 16.2 Å². The first-order chi connectivity index (χ1) is 22.7. The number of methoxy groups -OCH3 is 1. The summed E-state index contributed by atoms with van der Waals surface area (Å²) < 4.78 is 43.7. The van der Waals surface area contributed by atoms with Crippen molar-refractivity contribution in [3.63, 3.8) is 0 Å². The van der Waals surface area contributed by atoms with Gasteiger partial charge in [-0.1, -0.05) is 26.8 Å². The van der Waals surface area contributed by atoms with Crippen LogP contribution in [0, 0.1) is 6.92 Å². The molecule has 0 unspecified atom stereocenters. The number of hydrogen-bond acceptors (Lipinski definition) is 10. The van der Waals surface area contributed by atoms with E-state index >= 15 is 0 Å². The maximum Gasteiger partial charge on any atom is 0.410 e. The van der Waals surface area contributed by atoms with Crippen LogP contribution in [0.2, 0.25) is 0 Å². The molecule has 3 amide bonds. The number of sulfonamides is 1. The highest BCUT2D eigenvalue weighted by molar-refractivity contribution is 7.92. The van der Waals surface area contributed by atoms with E-state index < -0.39 is 27.6 Å². The summed E-state index contributed by atoms with van der Waals surface area (Å²) in [7, 11) is -2.26. The molecule has 0 aliphatic carbocycles. The predicted octanol–water partition coefficient (Wildman–Crippen LogP) is 5.20. The summed E-state index contributed by atoms with van der Waals surface area (Å²) in [6, 6.07) is 9.72. The van der Waals surface area contributed by atoms with Gasteiger partial charge in [0.15, 0.2) is 5.75 Å². The molecule has 4 rings (SSSR count). The highest BCUT2D eigenvalue weighted by atomic mass is 32.2. The Morgan fingerprint density at radius 1 is 0.878 bits per heavy atom. The topological polar surface area (TPSA) is 169 Å². The molecule has 1 fully saturated rings. The summed E-state index contributed by atoms with van der Waals surface area (Å²) in [6.07, 6.45) is 1.84. The highest BCUT2D eigenvalue weighted by Crippen LogP contribution is 2.39. The Hall–Kier alpha value is -4.92. The van der Waals surface area contributed by atoms with Gasteiger partial charge in [0, 0.05) is 37.8 Å². The third-order valence-electron chi connectivity index (χ3n) is 7.45. The van der Waals surface area contributed by atoms with Crippen LogP contribution in [0.1, 0.15) is 73.5 Å². The molecule has 0 spiro atoms. The van der Waals surface area contributed by atoms with Crippen molar-refractivity contribution in [1.29, 1.82) is 0 Å². The van der Waals surface area contributed by atoms with Gasteiger partial charge in [-0.25, -0.2) is 23.2 Å². The number of carbonyl (C=O) groups is 3. The number of nitrogens with one attached hydrogen (secondary N) is 2. The second-order valence-electron chi connectivity index (χ2n) is 13.8. The van der Waals surface area contributed by atoms with E-state index in [4.69, 9.17) is 14.2 Å². The van der Waals surface area contributed by atoms with E-state index in [1.54, 1.807) is 67.8 Å². The van der Waals surface area contributed by atoms with Gasteiger partial charge in [0.25, 0.3) is 11.8 Å². The first-order valence-corrected chi connectivity index (χ1v) is 17.5. The van der Waals surface area contributed by atoms with Crippen LogP contribution in [0.15, 0.2) is 42.7 Å². The summed E-state index contributed by atoms with van der Waals surface area (Å²) in [6.45, 7) is 14.4. The van der Waals surface area contributed by atoms with Crippen molar-refractivity contribution in [2.75, 3.05) is 49.6 Å². The lowest BCUT2D eigenvalue weighted by Gasteiger charge is -2.35. The Bertz CT molecular complexity index is 1840. The zero-order valence-electron chi connectivity index (χ0n) is 29.3. The molecule has 1 aliphatic heterocycles. The highest BCUT2D eigenvalue weighted by Gasteiger charge is 2.29. The number of benzene rings is 2. The minimum atomic E-state index is -3.65. The number of ether oxygens (including phenoxy) is 3. The number of nitrogens with zero attached hydrogens (tertiary/aromatic N) is 4. The summed E-state index contributed by atoms with van der Waals surface area (Å²) in [4.78, 5) is 50.7. The van der Waals surface area contributed by atoms with Gasteiger partial charge in [-0.2, -0.15) is 0 Å². The molecule has 0 radical (unpaired) electrons. The molecule has 3 aromatic rings. The van der Waals surface area contributed by atoms with Crippen LogP contribution < -0.4 is 19.5 Å². The van der Waals surface area contributed by atoms with Gasteiger partial charge >= 0.3 is 6.09 Å². The molecule has 1 aromatic heterocycles. The van der Waals surface area contributed by atoms with Crippen molar-refractivity contribution in [3.05, 3.63) is 65.1 Å². The van der Waals surface area contributed by atoms with Crippen LogP contribution in [0.25, 0.3) is 0 Å². The van der Waals surface area contributed by atoms with Crippen molar-refractivity contribution >= 4 is 39.3 Å². The quantitative estimate of drug-likeness (QED) is 0.319. The van der Waals surface area contributed by atoms with Crippen LogP contribution in [-0.2, 0) is 20.2 Å². The van der Waals surface area contributed by atoms with Crippen LogP contribution in [0.3, 0.4) is 0 Å². The van der Waals surface area contributed by atoms with E-state index in [-0.39, 0.29) is 45.6 Å². The molecule has 2 heterocycles. The maximum absolute atomic E-state index is 13.5. The van der Waals surface area contributed by atoms with E-state index in [2.05, 4.69) is 20.0 Å². The summed E-state index contributed by atoms with van der Waals surface area (Å²) >= 11 is 0. The average molecular weight is 697 g/mol. The van der Waals surface area contributed by atoms with Gasteiger partial charge < -0.3 is 29.3 Å². The van der Waals surface area contributed by atoms with E-state index in [9.17, 15) is 22.8 Å². The zero-order chi connectivity index (χ0) is 36.3. The number of anilines is 2. The molecule has 0 bridgehead atoms. The van der Waals surface area contributed by atoms with Crippen molar-refractivity contribution < 1.29 is 37.0 Å². The molecule has 2 aromatic carbocycles. The largest absolute Gasteiger partial charge is 0.492 e. The number of aromatic nitrogens is 2. The first kappa shape index (κ1) is 36.9. The van der Waals surface area contributed by atoms with E-state index in [0.717, 1.165) is 11.8 Å².